The van der Waals surface area contributed by atoms with Gasteiger partial charge in [-0.15, -0.1) is 0 Å². The zero-order valence-electron chi connectivity index (χ0n) is 9.98. The Labute approximate surface area is 101 Å². The summed E-state index contributed by atoms with van der Waals surface area (Å²) in [4.78, 5) is 0. The van der Waals surface area contributed by atoms with E-state index in [1.54, 1.807) is 18.2 Å². The van der Waals surface area contributed by atoms with Crippen molar-refractivity contribution < 1.29 is 19.7 Å². The van der Waals surface area contributed by atoms with Crippen molar-refractivity contribution >= 4 is 0 Å². The molecule has 0 saturated carbocycles. The van der Waals surface area contributed by atoms with Gasteiger partial charge in [-0.3, -0.25) is 0 Å². The molecule has 0 aromatic heterocycles. The molecule has 0 aliphatic rings. The summed E-state index contributed by atoms with van der Waals surface area (Å²) in [5.41, 5.74) is 1.27. The van der Waals surface area contributed by atoms with Crippen molar-refractivity contribution in [3.05, 3.63) is 35.9 Å². The molecule has 4 heteroatoms. The number of aliphatic hydroxyl groups excluding tert-OH is 2. The van der Waals surface area contributed by atoms with E-state index in [1.807, 2.05) is 6.92 Å². The Morgan fingerprint density at radius 2 is 1.71 bits per heavy atom. The predicted octanol–water partition coefficient (Wildman–Crippen LogP) is 1.63. The van der Waals surface area contributed by atoms with Gasteiger partial charge in [0.1, 0.15) is 18.1 Å². The maximum Gasteiger partial charge on any atom is 0.129 e. The van der Waals surface area contributed by atoms with E-state index in [-0.39, 0.29) is 13.2 Å². The van der Waals surface area contributed by atoms with E-state index in [1.165, 1.54) is 0 Å². The van der Waals surface area contributed by atoms with Gasteiger partial charge in [-0.25, -0.2) is 0 Å². The number of rotatable bonds is 7. The van der Waals surface area contributed by atoms with Gasteiger partial charge >= 0.3 is 0 Å². The molecule has 0 saturated heterocycles. The fourth-order valence-corrected chi connectivity index (χ4v) is 1.48. The smallest absolute Gasteiger partial charge is 0.129 e. The van der Waals surface area contributed by atoms with Gasteiger partial charge in [-0.1, -0.05) is 12.7 Å². The fourth-order valence-electron chi connectivity index (χ4n) is 1.48. The summed E-state index contributed by atoms with van der Waals surface area (Å²) in [5.74, 6) is 1.12. The van der Waals surface area contributed by atoms with Crippen LogP contribution in [0.1, 0.15) is 18.1 Å². The number of aliphatic hydroxyl groups is 2. The van der Waals surface area contributed by atoms with Crippen molar-refractivity contribution in [1.29, 1.82) is 0 Å². The second kappa shape index (κ2) is 6.93. The van der Waals surface area contributed by atoms with Crippen molar-refractivity contribution in [1.82, 2.24) is 0 Å². The van der Waals surface area contributed by atoms with Crippen molar-refractivity contribution in [3.63, 3.8) is 0 Å². The molecule has 0 unspecified atom stereocenters. The first kappa shape index (κ1) is 13.5. The van der Waals surface area contributed by atoms with E-state index in [9.17, 15) is 10.2 Å². The molecule has 0 fully saturated rings. The fraction of sp³-hybridized carbons (Fsp3) is 0.385. The first-order valence-electron chi connectivity index (χ1n) is 5.50. The molecule has 0 heterocycles. The standard InChI is InChI=1S/C13H18O4/c1-3-5-17-13-7-12(16-4-2)10(8-14)6-11(13)9-15/h3,6-7,14-15H,1,4-5,8-9H2,2H3. The van der Waals surface area contributed by atoms with Gasteiger partial charge in [0.05, 0.1) is 19.8 Å². The van der Waals surface area contributed by atoms with Gasteiger partial charge in [0, 0.05) is 17.2 Å². The molecular formula is C13H18O4. The summed E-state index contributed by atoms with van der Waals surface area (Å²) in [7, 11) is 0. The molecule has 1 rings (SSSR count). The lowest BCUT2D eigenvalue weighted by Gasteiger charge is -2.14. The van der Waals surface area contributed by atoms with E-state index < -0.39 is 0 Å². The van der Waals surface area contributed by atoms with Crippen molar-refractivity contribution in [3.8, 4) is 11.5 Å². The molecule has 0 atom stereocenters. The molecule has 94 valence electrons. The van der Waals surface area contributed by atoms with E-state index in [0.717, 1.165) is 0 Å². The largest absolute Gasteiger partial charge is 0.493 e. The average molecular weight is 238 g/mol. The predicted molar refractivity (Wildman–Crippen MR) is 65.1 cm³/mol. The Balaban J connectivity index is 3.08. The molecule has 0 radical (unpaired) electrons. The molecular weight excluding hydrogens is 220 g/mol. The average Bonchev–Trinajstić information content (AvgIpc) is 2.36. The molecule has 2 N–H and O–H groups in total. The van der Waals surface area contributed by atoms with Crippen LogP contribution in [-0.4, -0.2) is 23.4 Å². The summed E-state index contributed by atoms with van der Waals surface area (Å²) in [6.07, 6.45) is 1.63. The Kier molecular flexibility index (Phi) is 5.52. The highest BCUT2D eigenvalue weighted by atomic mass is 16.5. The number of benzene rings is 1. The maximum absolute atomic E-state index is 9.23. The van der Waals surface area contributed by atoms with Gasteiger partial charge < -0.3 is 19.7 Å². The number of hydrogen-bond acceptors (Lipinski definition) is 4. The zero-order valence-corrected chi connectivity index (χ0v) is 9.98. The maximum atomic E-state index is 9.23. The molecule has 0 bridgehead atoms. The topological polar surface area (TPSA) is 58.9 Å². The van der Waals surface area contributed by atoms with Gasteiger partial charge in [-0.05, 0) is 13.0 Å². The number of ether oxygens (including phenoxy) is 2. The first-order chi connectivity index (χ1) is 8.26. The molecule has 4 nitrogen and oxygen atoms in total. The van der Waals surface area contributed by atoms with Crippen molar-refractivity contribution in [2.24, 2.45) is 0 Å². The second-order valence-electron chi connectivity index (χ2n) is 3.42. The summed E-state index contributed by atoms with van der Waals surface area (Å²) < 4.78 is 10.8. The van der Waals surface area contributed by atoms with E-state index in [0.29, 0.717) is 35.8 Å². The van der Waals surface area contributed by atoms with Crippen molar-refractivity contribution in [2.45, 2.75) is 20.1 Å². The Hall–Kier alpha value is -1.52. The lowest BCUT2D eigenvalue weighted by molar-refractivity contribution is 0.257. The lowest BCUT2D eigenvalue weighted by atomic mass is 10.1. The zero-order chi connectivity index (χ0) is 12.7. The summed E-state index contributed by atoms with van der Waals surface area (Å²) in [6.45, 7) is 6.01. The summed E-state index contributed by atoms with van der Waals surface area (Å²) in [5, 5.41) is 18.4. The van der Waals surface area contributed by atoms with Crippen molar-refractivity contribution in [2.75, 3.05) is 13.2 Å². The molecule has 0 aliphatic carbocycles. The third-order valence-corrected chi connectivity index (χ3v) is 2.24. The highest BCUT2D eigenvalue weighted by Gasteiger charge is 2.10. The summed E-state index contributed by atoms with van der Waals surface area (Å²) in [6, 6.07) is 3.37. The van der Waals surface area contributed by atoms with Gasteiger partial charge in [-0.2, -0.15) is 0 Å². The quantitative estimate of drug-likeness (QED) is 0.709. The van der Waals surface area contributed by atoms with Gasteiger partial charge in [0.2, 0.25) is 0 Å². The Morgan fingerprint density at radius 1 is 1.12 bits per heavy atom. The van der Waals surface area contributed by atoms with E-state index >= 15 is 0 Å². The van der Waals surface area contributed by atoms with Gasteiger partial charge in [0.25, 0.3) is 0 Å². The summed E-state index contributed by atoms with van der Waals surface area (Å²) >= 11 is 0. The minimum absolute atomic E-state index is 0.135. The van der Waals surface area contributed by atoms with Crippen LogP contribution in [0, 0.1) is 0 Å². The van der Waals surface area contributed by atoms with Crippen LogP contribution in [0.25, 0.3) is 0 Å². The monoisotopic (exact) mass is 238 g/mol. The molecule has 0 spiro atoms. The van der Waals surface area contributed by atoms with E-state index in [4.69, 9.17) is 9.47 Å². The molecule has 1 aromatic rings. The van der Waals surface area contributed by atoms with Crippen LogP contribution >= 0.6 is 0 Å². The molecule has 1 aromatic carbocycles. The number of hydrogen-bond donors (Lipinski definition) is 2. The molecule has 0 aliphatic heterocycles. The molecule has 0 amide bonds. The van der Waals surface area contributed by atoms with Crippen LogP contribution in [0.15, 0.2) is 24.8 Å². The minimum Gasteiger partial charge on any atom is -0.493 e. The van der Waals surface area contributed by atoms with Crippen LogP contribution in [0.3, 0.4) is 0 Å². The normalized spacial score (nSPS) is 10.1. The Morgan fingerprint density at radius 3 is 2.18 bits per heavy atom. The lowest BCUT2D eigenvalue weighted by Crippen LogP contribution is -2.03. The highest BCUT2D eigenvalue weighted by molar-refractivity contribution is 5.46. The second-order valence-corrected chi connectivity index (χ2v) is 3.42. The Bertz CT molecular complexity index is 374. The SMILES string of the molecule is C=CCOc1cc(OCC)c(CO)cc1CO. The first-order valence-corrected chi connectivity index (χ1v) is 5.50. The van der Waals surface area contributed by atoms with E-state index in [2.05, 4.69) is 6.58 Å². The third kappa shape index (κ3) is 3.47. The minimum atomic E-state index is -0.147. The highest BCUT2D eigenvalue weighted by Crippen LogP contribution is 2.29. The van der Waals surface area contributed by atoms with Gasteiger partial charge in [0.15, 0.2) is 0 Å². The van der Waals surface area contributed by atoms with Crippen LogP contribution < -0.4 is 9.47 Å². The van der Waals surface area contributed by atoms with Crippen LogP contribution in [0.2, 0.25) is 0 Å². The van der Waals surface area contributed by atoms with Crippen LogP contribution in [-0.2, 0) is 13.2 Å². The van der Waals surface area contributed by atoms with Crippen LogP contribution in [0.4, 0.5) is 0 Å². The molecule has 17 heavy (non-hydrogen) atoms. The third-order valence-electron chi connectivity index (χ3n) is 2.24. The van der Waals surface area contributed by atoms with Crippen LogP contribution in [0.5, 0.6) is 11.5 Å².